The topological polar surface area (TPSA) is 0 Å². The molecule has 90 valence electrons. The van der Waals surface area contributed by atoms with E-state index in [0.29, 0.717) is 0 Å². The molecule has 0 amide bonds. The molecule has 0 atom stereocenters. The van der Waals surface area contributed by atoms with Gasteiger partial charge in [-0.25, -0.2) is 0 Å². The van der Waals surface area contributed by atoms with Crippen molar-refractivity contribution < 1.29 is 0 Å². The van der Waals surface area contributed by atoms with Gasteiger partial charge in [0.2, 0.25) is 0 Å². The number of rotatable bonds is 8. The molecule has 0 saturated carbocycles. The Hall–Kier alpha value is -1.56. The third kappa shape index (κ3) is 4.07. The fraction of sp³-hybridized carbons (Fsp3) is 0.294. The van der Waals surface area contributed by atoms with E-state index in [1.54, 1.807) is 0 Å². The smallest absolute Gasteiger partial charge is 0.0154 e. The van der Waals surface area contributed by atoms with Crippen molar-refractivity contribution >= 4 is 0 Å². The van der Waals surface area contributed by atoms with Crippen LogP contribution in [0.25, 0.3) is 0 Å². The lowest BCUT2D eigenvalue weighted by molar-refractivity contribution is 0.295. The van der Waals surface area contributed by atoms with Gasteiger partial charge in [0, 0.05) is 0 Å². The Kier molecular flexibility index (Phi) is 5.48. The SMILES string of the molecule is C=CCC(CC=C)(CC=C)Cc1ccccc1. The van der Waals surface area contributed by atoms with Crippen LogP contribution in [0.2, 0.25) is 0 Å². The van der Waals surface area contributed by atoms with E-state index in [2.05, 4.69) is 50.1 Å². The van der Waals surface area contributed by atoms with E-state index in [1.807, 2.05) is 18.2 Å². The van der Waals surface area contributed by atoms with Crippen LogP contribution < -0.4 is 0 Å². The number of hydrogen-bond donors (Lipinski definition) is 0. The standard InChI is InChI=1S/C17H22/c1-4-12-17(13-5-2,14-6-3)15-16-10-8-7-9-11-16/h4-11H,1-3,12-15H2. The first-order chi connectivity index (χ1) is 8.26. The van der Waals surface area contributed by atoms with Gasteiger partial charge < -0.3 is 0 Å². The van der Waals surface area contributed by atoms with E-state index >= 15 is 0 Å². The molecule has 17 heavy (non-hydrogen) atoms. The summed E-state index contributed by atoms with van der Waals surface area (Å²) in [6.45, 7) is 11.6. The molecule has 0 bridgehead atoms. The van der Waals surface area contributed by atoms with Gasteiger partial charge in [-0.15, -0.1) is 19.7 Å². The van der Waals surface area contributed by atoms with Gasteiger partial charge in [0.15, 0.2) is 0 Å². The predicted octanol–water partition coefficient (Wildman–Crippen LogP) is 4.94. The van der Waals surface area contributed by atoms with Crippen LogP contribution in [0, 0.1) is 5.41 Å². The van der Waals surface area contributed by atoms with Gasteiger partial charge in [0.05, 0.1) is 0 Å². The maximum atomic E-state index is 3.88. The van der Waals surface area contributed by atoms with Gasteiger partial charge in [-0.3, -0.25) is 0 Å². The first-order valence-electron chi connectivity index (χ1n) is 6.13. The van der Waals surface area contributed by atoms with Crippen molar-refractivity contribution in [3.8, 4) is 0 Å². The average molecular weight is 226 g/mol. The maximum Gasteiger partial charge on any atom is -0.0154 e. The minimum Gasteiger partial charge on any atom is -0.103 e. The van der Waals surface area contributed by atoms with Crippen LogP contribution >= 0.6 is 0 Å². The van der Waals surface area contributed by atoms with Crippen molar-refractivity contribution in [1.29, 1.82) is 0 Å². The Morgan fingerprint density at radius 1 is 0.824 bits per heavy atom. The Morgan fingerprint density at radius 2 is 1.29 bits per heavy atom. The molecule has 0 spiro atoms. The van der Waals surface area contributed by atoms with Crippen molar-refractivity contribution in [3.63, 3.8) is 0 Å². The summed E-state index contributed by atoms with van der Waals surface area (Å²) >= 11 is 0. The second-order valence-electron chi connectivity index (χ2n) is 4.64. The van der Waals surface area contributed by atoms with Crippen LogP contribution in [0.15, 0.2) is 68.3 Å². The summed E-state index contributed by atoms with van der Waals surface area (Å²) in [6, 6.07) is 10.6. The van der Waals surface area contributed by atoms with Crippen LogP contribution in [-0.4, -0.2) is 0 Å². The van der Waals surface area contributed by atoms with Gasteiger partial charge in [-0.05, 0) is 36.7 Å². The molecule has 0 heteroatoms. The van der Waals surface area contributed by atoms with E-state index in [-0.39, 0.29) is 5.41 Å². The van der Waals surface area contributed by atoms with E-state index in [1.165, 1.54) is 5.56 Å². The van der Waals surface area contributed by atoms with Crippen molar-refractivity contribution in [2.24, 2.45) is 5.41 Å². The number of benzene rings is 1. The van der Waals surface area contributed by atoms with Crippen molar-refractivity contribution in [3.05, 3.63) is 73.9 Å². The molecule has 0 nitrogen and oxygen atoms in total. The summed E-state index contributed by atoms with van der Waals surface area (Å²) in [6.07, 6.45) is 10.1. The zero-order valence-electron chi connectivity index (χ0n) is 10.6. The zero-order valence-corrected chi connectivity index (χ0v) is 10.6. The summed E-state index contributed by atoms with van der Waals surface area (Å²) in [5, 5.41) is 0. The molecule has 0 fully saturated rings. The van der Waals surface area contributed by atoms with Crippen LogP contribution in [0.1, 0.15) is 24.8 Å². The normalized spacial score (nSPS) is 10.8. The minimum absolute atomic E-state index is 0.201. The quantitative estimate of drug-likeness (QED) is 0.550. The van der Waals surface area contributed by atoms with Gasteiger partial charge in [-0.1, -0.05) is 48.6 Å². The summed E-state index contributed by atoms with van der Waals surface area (Å²) in [5.41, 5.74) is 1.57. The molecule has 0 aromatic heterocycles. The van der Waals surface area contributed by atoms with E-state index in [4.69, 9.17) is 0 Å². The predicted molar refractivity (Wildman–Crippen MR) is 77.0 cm³/mol. The molecule has 0 saturated heterocycles. The molecule has 1 aromatic rings. The van der Waals surface area contributed by atoms with Crippen molar-refractivity contribution in [2.45, 2.75) is 25.7 Å². The third-order valence-electron chi connectivity index (χ3n) is 3.15. The minimum atomic E-state index is 0.201. The lowest BCUT2D eigenvalue weighted by Crippen LogP contribution is -2.22. The van der Waals surface area contributed by atoms with Gasteiger partial charge >= 0.3 is 0 Å². The molecule has 0 unspecified atom stereocenters. The fourth-order valence-electron chi connectivity index (χ4n) is 2.41. The maximum absolute atomic E-state index is 3.88. The summed E-state index contributed by atoms with van der Waals surface area (Å²) < 4.78 is 0. The first kappa shape index (κ1) is 13.5. The van der Waals surface area contributed by atoms with Crippen LogP contribution in [-0.2, 0) is 6.42 Å². The summed E-state index contributed by atoms with van der Waals surface area (Å²) in [7, 11) is 0. The van der Waals surface area contributed by atoms with Gasteiger partial charge in [0.25, 0.3) is 0 Å². The van der Waals surface area contributed by atoms with Crippen LogP contribution in [0.4, 0.5) is 0 Å². The molecule has 0 aliphatic heterocycles. The average Bonchev–Trinajstić information content (AvgIpc) is 2.31. The fourth-order valence-corrected chi connectivity index (χ4v) is 2.41. The van der Waals surface area contributed by atoms with Gasteiger partial charge in [-0.2, -0.15) is 0 Å². The zero-order chi connectivity index (χ0) is 12.6. The molecule has 0 radical (unpaired) electrons. The molecule has 0 aliphatic carbocycles. The lowest BCUT2D eigenvalue weighted by atomic mass is 9.73. The summed E-state index contributed by atoms with van der Waals surface area (Å²) in [4.78, 5) is 0. The van der Waals surface area contributed by atoms with Crippen molar-refractivity contribution in [1.82, 2.24) is 0 Å². The van der Waals surface area contributed by atoms with Crippen LogP contribution in [0.3, 0.4) is 0 Å². The molecule has 0 heterocycles. The van der Waals surface area contributed by atoms with Gasteiger partial charge in [0.1, 0.15) is 0 Å². The molecular formula is C17H22. The van der Waals surface area contributed by atoms with E-state index in [0.717, 1.165) is 25.7 Å². The Bertz CT molecular complexity index is 332. The second kappa shape index (κ2) is 6.90. The van der Waals surface area contributed by atoms with E-state index in [9.17, 15) is 0 Å². The Balaban J connectivity index is 2.90. The van der Waals surface area contributed by atoms with E-state index < -0.39 is 0 Å². The van der Waals surface area contributed by atoms with Crippen molar-refractivity contribution in [2.75, 3.05) is 0 Å². The molecule has 0 N–H and O–H groups in total. The lowest BCUT2D eigenvalue weighted by Gasteiger charge is -2.31. The molecule has 1 aromatic carbocycles. The molecule has 1 rings (SSSR count). The van der Waals surface area contributed by atoms with Crippen LogP contribution in [0.5, 0.6) is 0 Å². The molecule has 0 aliphatic rings. The Labute approximate surface area is 105 Å². The highest BCUT2D eigenvalue weighted by Crippen LogP contribution is 2.36. The highest BCUT2D eigenvalue weighted by Gasteiger charge is 2.26. The second-order valence-corrected chi connectivity index (χ2v) is 4.64. The molecular weight excluding hydrogens is 204 g/mol. The summed E-state index contributed by atoms with van der Waals surface area (Å²) in [5.74, 6) is 0. The number of allylic oxidation sites excluding steroid dienone is 3. The highest BCUT2D eigenvalue weighted by molar-refractivity contribution is 5.18. The first-order valence-corrected chi connectivity index (χ1v) is 6.13. The Morgan fingerprint density at radius 3 is 1.71 bits per heavy atom. The third-order valence-corrected chi connectivity index (χ3v) is 3.15. The monoisotopic (exact) mass is 226 g/mol. The number of hydrogen-bond acceptors (Lipinski definition) is 0. The highest BCUT2D eigenvalue weighted by atomic mass is 14.3. The largest absolute Gasteiger partial charge is 0.103 e.